The molecule has 0 saturated carbocycles. The minimum absolute atomic E-state index is 0.275. The number of nitrogens with one attached hydrogen (secondary N) is 1. The van der Waals surface area contributed by atoms with Crippen LogP contribution in [0.4, 0.5) is 0 Å². The fraction of sp³-hybridized carbons (Fsp3) is 0.200. The highest BCUT2D eigenvalue weighted by atomic mass is 79.9. The maximum absolute atomic E-state index is 6.14. The number of halogens is 2. The van der Waals surface area contributed by atoms with E-state index < -0.39 is 0 Å². The zero-order valence-electron chi connectivity index (χ0n) is 10.2. The van der Waals surface area contributed by atoms with E-state index in [0.717, 1.165) is 21.6 Å². The molecule has 0 aliphatic heterocycles. The first-order valence-electron chi connectivity index (χ1n) is 5.89. The molecule has 0 spiro atoms. The van der Waals surface area contributed by atoms with Crippen LogP contribution in [-0.2, 0) is 6.54 Å². The third kappa shape index (κ3) is 3.35. The predicted molar refractivity (Wildman–Crippen MR) is 80.8 cm³/mol. The third-order valence-electron chi connectivity index (χ3n) is 2.93. The van der Waals surface area contributed by atoms with Gasteiger partial charge in [-0.3, -0.25) is 0 Å². The van der Waals surface area contributed by atoms with Gasteiger partial charge >= 0.3 is 0 Å². The van der Waals surface area contributed by atoms with Gasteiger partial charge in [0.25, 0.3) is 0 Å². The monoisotopic (exact) mass is 323 g/mol. The van der Waals surface area contributed by atoms with E-state index in [2.05, 4.69) is 40.3 Å². The molecule has 1 atom stereocenters. The molecule has 3 heteroatoms. The van der Waals surface area contributed by atoms with E-state index in [4.69, 9.17) is 11.6 Å². The van der Waals surface area contributed by atoms with Gasteiger partial charge in [0.1, 0.15) is 0 Å². The van der Waals surface area contributed by atoms with Gasteiger partial charge < -0.3 is 5.32 Å². The molecular weight excluding hydrogens is 310 g/mol. The average molecular weight is 325 g/mol. The summed E-state index contributed by atoms with van der Waals surface area (Å²) in [5.41, 5.74) is 2.38. The molecule has 1 N–H and O–H groups in total. The lowest BCUT2D eigenvalue weighted by Crippen LogP contribution is -2.18. The van der Waals surface area contributed by atoms with Crippen molar-refractivity contribution in [1.82, 2.24) is 5.32 Å². The zero-order valence-corrected chi connectivity index (χ0v) is 12.5. The van der Waals surface area contributed by atoms with Crippen molar-refractivity contribution in [1.29, 1.82) is 0 Å². The topological polar surface area (TPSA) is 12.0 Å². The van der Waals surface area contributed by atoms with Gasteiger partial charge in [0.15, 0.2) is 0 Å². The lowest BCUT2D eigenvalue weighted by molar-refractivity contribution is 0.573. The first kappa shape index (κ1) is 13.6. The summed E-state index contributed by atoms with van der Waals surface area (Å²) in [6, 6.07) is 16.4. The van der Waals surface area contributed by atoms with Crippen molar-refractivity contribution in [2.24, 2.45) is 0 Å². The first-order chi connectivity index (χ1) is 8.68. The van der Waals surface area contributed by atoms with Gasteiger partial charge in [0, 0.05) is 22.1 Å². The zero-order chi connectivity index (χ0) is 13.0. The normalized spacial score (nSPS) is 12.4. The Morgan fingerprint density at radius 2 is 1.78 bits per heavy atom. The van der Waals surface area contributed by atoms with Gasteiger partial charge in [-0.05, 0) is 30.2 Å². The molecule has 0 unspecified atom stereocenters. The van der Waals surface area contributed by atoms with E-state index in [-0.39, 0.29) is 6.04 Å². The Kier molecular flexibility index (Phi) is 4.81. The van der Waals surface area contributed by atoms with Crippen LogP contribution in [0.15, 0.2) is 53.0 Å². The molecule has 0 heterocycles. The van der Waals surface area contributed by atoms with Crippen LogP contribution < -0.4 is 5.32 Å². The highest BCUT2D eigenvalue weighted by Gasteiger charge is 2.08. The van der Waals surface area contributed by atoms with Crippen molar-refractivity contribution in [3.63, 3.8) is 0 Å². The maximum atomic E-state index is 6.14. The van der Waals surface area contributed by atoms with Crippen LogP contribution >= 0.6 is 27.5 Å². The van der Waals surface area contributed by atoms with Gasteiger partial charge in [-0.15, -0.1) is 0 Å². The smallest absolute Gasteiger partial charge is 0.0450 e. The summed E-state index contributed by atoms with van der Waals surface area (Å²) in [7, 11) is 0. The Balaban J connectivity index is 2.03. The van der Waals surface area contributed by atoms with Gasteiger partial charge in [-0.2, -0.15) is 0 Å². The summed E-state index contributed by atoms with van der Waals surface area (Å²) in [5.74, 6) is 0. The van der Waals surface area contributed by atoms with Crippen molar-refractivity contribution in [3.05, 3.63) is 69.2 Å². The van der Waals surface area contributed by atoms with Crippen LogP contribution in [0.3, 0.4) is 0 Å². The van der Waals surface area contributed by atoms with Crippen molar-refractivity contribution in [3.8, 4) is 0 Å². The van der Waals surface area contributed by atoms with E-state index in [1.807, 2.05) is 36.4 Å². The predicted octanol–water partition coefficient (Wildman–Crippen LogP) is 4.95. The van der Waals surface area contributed by atoms with Gasteiger partial charge in [-0.25, -0.2) is 0 Å². The van der Waals surface area contributed by atoms with Crippen LogP contribution in [0.25, 0.3) is 0 Å². The Hall–Kier alpha value is -0.830. The van der Waals surface area contributed by atoms with E-state index in [0.29, 0.717) is 0 Å². The Morgan fingerprint density at radius 3 is 2.50 bits per heavy atom. The first-order valence-corrected chi connectivity index (χ1v) is 7.07. The second-order valence-corrected chi connectivity index (χ2v) is 5.48. The lowest BCUT2D eigenvalue weighted by atomic mass is 10.1. The summed E-state index contributed by atoms with van der Waals surface area (Å²) in [6.07, 6.45) is 0. The number of rotatable bonds is 4. The summed E-state index contributed by atoms with van der Waals surface area (Å²) >= 11 is 9.71. The van der Waals surface area contributed by atoms with Crippen LogP contribution in [0.5, 0.6) is 0 Å². The minimum atomic E-state index is 0.275. The molecule has 0 aliphatic rings. The van der Waals surface area contributed by atoms with Gasteiger partial charge in [-0.1, -0.05) is 63.9 Å². The van der Waals surface area contributed by atoms with Crippen LogP contribution in [0, 0.1) is 0 Å². The van der Waals surface area contributed by atoms with Crippen molar-refractivity contribution in [2.45, 2.75) is 19.5 Å². The average Bonchev–Trinajstić information content (AvgIpc) is 2.38. The molecule has 1 nitrogen and oxygen atoms in total. The van der Waals surface area contributed by atoms with Gasteiger partial charge in [0.05, 0.1) is 0 Å². The highest BCUT2D eigenvalue weighted by molar-refractivity contribution is 9.10. The summed E-state index contributed by atoms with van der Waals surface area (Å²) in [6.45, 7) is 2.92. The molecule has 2 aromatic carbocycles. The fourth-order valence-corrected chi connectivity index (χ4v) is 2.67. The summed E-state index contributed by atoms with van der Waals surface area (Å²) in [4.78, 5) is 0. The molecule has 0 radical (unpaired) electrons. The second-order valence-electron chi connectivity index (χ2n) is 4.22. The summed E-state index contributed by atoms with van der Waals surface area (Å²) in [5, 5.41) is 4.29. The largest absolute Gasteiger partial charge is 0.306 e. The molecule has 0 aromatic heterocycles. The SMILES string of the molecule is C[C@@H](NCc1ccccc1Cl)c1ccccc1Br. The molecule has 0 bridgehead atoms. The van der Waals surface area contributed by atoms with Crippen LogP contribution in [-0.4, -0.2) is 0 Å². The van der Waals surface area contributed by atoms with Crippen molar-refractivity contribution < 1.29 is 0 Å². The molecular formula is C15H15BrClN. The molecule has 18 heavy (non-hydrogen) atoms. The van der Waals surface area contributed by atoms with E-state index in [9.17, 15) is 0 Å². The van der Waals surface area contributed by atoms with E-state index in [1.165, 1.54) is 5.56 Å². The van der Waals surface area contributed by atoms with Crippen molar-refractivity contribution in [2.75, 3.05) is 0 Å². The number of hydrogen-bond acceptors (Lipinski definition) is 1. The Labute approximate surface area is 121 Å². The molecule has 0 aliphatic carbocycles. The van der Waals surface area contributed by atoms with E-state index in [1.54, 1.807) is 0 Å². The highest BCUT2D eigenvalue weighted by Crippen LogP contribution is 2.23. The van der Waals surface area contributed by atoms with Crippen LogP contribution in [0.2, 0.25) is 5.02 Å². The Bertz CT molecular complexity index is 527. The number of benzene rings is 2. The lowest BCUT2D eigenvalue weighted by Gasteiger charge is -2.16. The maximum Gasteiger partial charge on any atom is 0.0450 e. The molecule has 94 valence electrons. The van der Waals surface area contributed by atoms with Gasteiger partial charge in [0.2, 0.25) is 0 Å². The third-order valence-corrected chi connectivity index (χ3v) is 4.02. The summed E-state index contributed by atoms with van der Waals surface area (Å²) < 4.78 is 1.13. The molecule has 2 rings (SSSR count). The molecule has 0 fully saturated rings. The van der Waals surface area contributed by atoms with Crippen molar-refractivity contribution >= 4 is 27.5 Å². The minimum Gasteiger partial charge on any atom is -0.306 e. The fourth-order valence-electron chi connectivity index (χ4n) is 1.84. The molecule has 2 aromatic rings. The molecule has 0 saturated heterocycles. The van der Waals surface area contributed by atoms with E-state index >= 15 is 0 Å². The van der Waals surface area contributed by atoms with Crippen LogP contribution in [0.1, 0.15) is 24.1 Å². The Morgan fingerprint density at radius 1 is 1.11 bits per heavy atom. The molecule has 0 amide bonds. The standard InChI is InChI=1S/C15H15BrClN/c1-11(13-7-3-4-8-14(13)16)18-10-12-6-2-5-9-15(12)17/h2-9,11,18H,10H2,1H3/t11-/m1/s1. The number of hydrogen-bond donors (Lipinski definition) is 1. The quantitative estimate of drug-likeness (QED) is 0.838. The second kappa shape index (κ2) is 6.37.